The van der Waals surface area contributed by atoms with Crippen LogP contribution in [0.5, 0.6) is 5.88 Å². The summed E-state index contributed by atoms with van der Waals surface area (Å²) in [7, 11) is 0. The van der Waals surface area contributed by atoms with E-state index in [9.17, 15) is 24.6 Å². The fourth-order valence-electron chi connectivity index (χ4n) is 3.58. The van der Waals surface area contributed by atoms with E-state index in [0.29, 0.717) is 28.8 Å². The quantitative estimate of drug-likeness (QED) is 0.309. The monoisotopic (exact) mass is 450 g/mol. The highest BCUT2D eigenvalue weighted by Crippen LogP contribution is 2.36. The number of hydrogen-bond acceptors (Lipinski definition) is 6. The standard InChI is InChI=1S/C23H22N4O6/c1-3-4-15(16-11-24-20-19(16)22(31)26-12(2)25-20)13-5-7-14(8-6-13)21(30)27-17(23(32)33)9-10-18(28)29/h1,5-8,11,15,17H,4,9-10H2,2H3,(H,27,30)(H,28,29)(H,32,33)(H2,24,25,26,31)/t15?,17-/m0/s1. The van der Waals surface area contributed by atoms with E-state index in [0.717, 1.165) is 5.56 Å². The van der Waals surface area contributed by atoms with Crippen LogP contribution in [-0.2, 0) is 9.59 Å². The van der Waals surface area contributed by atoms with Crippen molar-refractivity contribution in [1.82, 2.24) is 20.3 Å². The van der Waals surface area contributed by atoms with Gasteiger partial charge < -0.3 is 25.6 Å². The summed E-state index contributed by atoms with van der Waals surface area (Å²) in [4.78, 5) is 45.8. The van der Waals surface area contributed by atoms with Gasteiger partial charge in [0.15, 0.2) is 0 Å². The van der Waals surface area contributed by atoms with Gasteiger partial charge in [0.2, 0.25) is 5.88 Å². The third-order valence-corrected chi connectivity index (χ3v) is 5.18. The zero-order valence-corrected chi connectivity index (χ0v) is 17.7. The van der Waals surface area contributed by atoms with Crippen LogP contribution in [0.3, 0.4) is 0 Å². The van der Waals surface area contributed by atoms with Crippen LogP contribution >= 0.6 is 0 Å². The summed E-state index contributed by atoms with van der Waals surface area (Å²) in [5.41, 5.74) is 2.16. The second-order valence-electron chi connectivity index (χ2n) is 7.44. The first-order chi connectivity index (χ1) is 15.7. The van der Waals surface area contributed by atoms with E-state index in [2.05, 4.69) is 26.2 Å². The van der Waals surface area contributed by atoms with Gasteiger partial charge >= 0.3 is 11.9 Å². The van der Waals surface area contributed by atoms with Crippen molar-refractivity contribution in [3.63, 3.8) is 0 Å². The fourth-order valence-corrected chi connectivity index (χ4v) is 3.58. The van der Waals surface area contributed by atoms with E-state index in [1.807, 2.05) is 0 Å². The van der Waals surface area contributed by atoms with Gasteiger partial charge in [-0.2, -0.15) is 4.98 Å². The smallest absolute Gasteiger partial charge is 0.326 e. The van der Waals surface area contributed by atoms with Crippen molar-refractivity contribution in [3.05, 3.63) is 53.0 Å². The molecule has 10 nitrogen and oxygen atoms in total. The molecule has 33 heavy (non-hydrogen) atoms. The summed E-state index contributed by atoms with van der Waals surface area (Å²) in [6, 6.07) is 5.11. The van der Waals surface area contributed by atoms with Crippen molar-refractivity contribution in [2.24, 2.45) is 0 Å². The van der Waals surface area contributed by atoms with Gasteiger partial charge in [-0.1, -0.05) is 12.1 Å². The van der Waals surface area contributed by atoms with Gasteiger partial charge in [-0.3, -0.25) is 9.59 Å². The molecule has 0 aliphatic rings. The number of carboxylic acids is 2. The number of aryl methyl sites for hydroxylation is 1. The molecular weight excluding hydrogens is 428 g/mol. The predicted octanol–water partition coefficient (Wildman–Crippen LogP) is 2.17. The molecule has 3 rings (SSSR count). The molecule has 0 bridgehead atoms. The molecule has 0 radical (unpaired) electrons. The first kappa shape index (κ1) is 23.3. The number of fused-ring (bicyclic) bond motifs is 1. The molecule has 1 unspecified atom stereocenters. The third kappa shape index (κ3) is 5.27. The number of hydrogen-bond donors (Lipinski definition) is 5. The highest BCUT2D eigenvalue weighted by atomic mass is 16.4. The van der Waals surface area contributed by atoms with Crippen molar-refractivity contribution < 1.29 is 29.7 Å². The van der Waals surface area contributed by atoms with Gasteiger partial charge in [0.05, 0.1) is 5.39 Å². The second kappa shape index (κ2) is 9.82. The highest BCUT2D eigenvalue weighted by molar-refractivity contribution is 5.96. The normalized spacial score (nSPS) is 12.6. The summed E-state index contributed by atoms with van der Waals surface area (Å²) in [5.74, 6) is -0.542. The van der Waals surface area contributed by atoms with Crippen molar-refractivity contribution in [1.29, 1.82) is 0 Å². The Bertz CT molecular complexity index is 1240. The number of rotatable bonds is 9. The van der Waals surface area contributed by atoms with Gasteiger partial charge in [0.1, 0.15) is 17.5 Å². The van der Waals surface area contributed by atoms with E-state index in [-0.39, 0.29) is 30.2 Å². The Kier molecular flexibility index (Phi) is 6.93. The fraction of sp³-hybridized carbons (Fsp3) is 0.261. The van der Waals surface area contributed by atoms with Gasteiger partial charge in [-0.05, 0) is 36.6 Å². The zero-order chi connectivity index (χ0) is 24.1. The topological polar surface area (TPSA) is 165 Å². The van der Waals surface area contributed by atoms with E-state index in [1.165, 1.54) is 12.1 Å². The van der Waals surface area contributed by atoms with Crippen LogP contribution in [0.4, 0.5) is 0 Å². The second-order valence-corrected chi connectivity index (χ2v) is 7.44. The number of carbonyl (C=O) groups is 3. The summed E-state index contributed by atoms with van der Waals surface area (Å²) in [6.45, 7) is 1.67. The molecule has 2 aromatic heterocycles. The average molecular weight is 450 g/mol. The lowest BCUT2D eigenvalue weighted by Crippen LogP contribution is -2.41. The molecule has 2 atom stereocenters. The summed E-state index contributed by atoms with van der Waals surface area (Å²) >= 11 is 0. The van der Waals surface area contributed by atoms with E-state index < -0.39 is 23.9 Å². The van der Waals surface area contributed by atoms with E-state index in [1.54, 1.807) is 25.3 Å². The number of carbonyl (C=O) groups excluding carboxylic acids is 1. The first-order valence-electron chi connectivity index (χ1n) is 10.0. The number of nitrogens with one attached hydrogen (secondary N) is 2. The van der Waals surface area contributed by atoms with Crippen LogP contribution in [0.15, 0.2) is 30.5 Å². The van der Waals surface area contributed by atoms with Crippen molar-refractivity contribution in [2.75, 3.05) is 0 Å². The molecular formula is C23H22N4O6. The maximum absolute atomic E-state index is 12.5. The first-order valence-corrected chi connectivity index (χ1v) is 10.0. The van der Waals surface area contributed by atoms with Crippen molar-refractivity contribution >= 4 is 28.9 Å². The lowest BCUT2D eigenvalue weighted by molar-refractivity contribution is -0.140. The number of aromatic hydroxyl groups is 1. The Morgan fingerprint density at radius 2 is 1.88 bits per heavy atom. The van der Waals surface area contributed by atoms with Crippen LogP contribution < -0.4 is 5.32 Å². The summed E-state index contributed by atoms with van der Waals surface area (Å²) in [6.07, 6.45) is 6.98. The molecule has 1 amide bonds. The molecule has 0 aliphatic carbocycles. The number of aliphatic carboxylic acids is 2. The molecule has 0 aliphatic heterocycles. The summed E-state index contributed by atoms with van der Waals surface area (Å²) < 4.78 is 0. The van der Waals surface area contributed by atoms with Crippen molar-refractivity contribution in [3.8, 4) is 18.2 Å². The molecule has 5 N–H and O–H groups in total. The number of terminal acetylenes is 1. The highest BCUT2D eigenvalue weighted by Gasteiger charge is 2.23. The number of aromatic nitrogens is 3. The largest absolute Gasteiger partial charge is 0.493 e. The number of amides is 1. The van der Waals surface area contributed by atoms with Crippen LogP contribution in [0.2, 0.25) is 0 Å². The lowest BCUT2D eigenvalue weighted by Gasteiger charge is -2.16. The number of H-pyrrole nitrogens is 1. The van der Waals surface area contributed by atoms with Crippen molar-refractivity contribution in [2.45, 2.75) is 38.1 Å². The Hall–Kier alpha value is -4.39. The maximum Gasteiger partial charge on any atom is 0.326 e. The van der Waals surface area contributed by atoms with Gasteiger partial charge in [0.25, 0.3) is 5.91 Å². The Balaban J connectivity index is 1.85. The van der Waals surface area contributed by atoms with Crippen LogP contribution in [0, 0.1) is 19.3 Å². The van der Waals surface area contributed by atoms with Crippen LogP contribution in [-0.4, -0.2) is 54.2 Å². The molecule has 10 heteroatoms. The van der Waals surface area contributed by atoms with Gasteiger partial charge in [0, 0.05) is 30.5 Å². The van der Waals surface area contributed by atoms with Crippen LogP contribution in [0.1, 0.15) is 52.5 Å². The van der Waals surface area contributed by atoms with Gasteiger partial charge in [-0.25, -0.2) is 9.78 Å². The molecule has 0 saturated heterocycles. The number of benzene rings is 1. The lowest BCUT2D eigenvalue weighted by atomic mass is 9.88. The molecule has 1 aromatic carbocycles. The minimum atomic E-state index is -1.32. The Labute approximate surface area is 188 Å². The molecule has 0 fully saturated rings. The molecule has 0 saturated carbocycles. The molecule has 2 heterocycles. The molecule has 3 aromatic rings. The number of aromatic amines is 1. The minimum absolute atomic E-state index is 0.159. The van der Waals surface area contributed by atoms with E-state index in [4.69, 9.17) is 11.5 Å². The summed E-state index contributed by atoms with van der Waals surface area (Å²) in [5, 5.41) is 31.1. The minimum Gasteiger partial charge on any atom is -0.493 e. The predicted molar refractivity (Wildman–Crippen MR) is 118 cm³/mol. The third-order valence-electron chi connectivity index (χ3n) is 5.18. The van der Waals surface area contributed by atoms with E-state index >= 15 is 0 Å². The SMILES string of the molecule is C#CCC(c1ccc(C(=O)N[C@@H](CCC(=O)O)C(=O)O)cc1)c1c[nH]c2nc(C)nc(O)c12. The zero-order valence-electron chi connectivity index (χ0n) is 17.7. The Morgan fingerprint density at radius 1 is 1.18 bits per heavy atom. The average Bonchev–Trinajstić information content (AvgIpc) is 3.18. The Morgan fingerprint density at radius 3 is 2.48 bits per heavy atom. The number of carboxylic acid groups (broad SMARTS) is 2. The molecule has 0 spiro atoms. The van der Waals surface area contributed by atoms with Crippen LogP contribution in [0.25, 0.3) is 11.0 Å². The molecule has 170 valence electrons. The maximum atomic E-state index is 12.5. The number of nitrogens with zero attached hydrogens (tertiary/aromatic N) is 2. The van der Waals surface area contributed by atoms with Gasteiger partial charge in [-0.15, -0.1) is 12.3 Å².